The largest absolute Gasteiger partial charge is 0.354 e. The molecular formula is C11H18N2O2. The van der Waals surface area contributed by atoms with Crippen molar-refractivity contribution in [3.05, 3.63) is 0 Å². The molecule has 0 aromatic heterocycles. The molecule has 0 spiro atoms. The van der Waals surface area contributed by atoms with Crippen molar-refractivity contribution in [2.75, 3.05) is 13.1 Å². The Labute approximate surface area is 89.8 Å². The van der Waals surface area contributed by atoms with Gasteiger partial charge in [-0.3, -0.25) is 9.59 Å². The van der Waals surface area contributed by atoms with Crippen molar-refractivity contribution in [1.29, 1.82) is 0 Å². The first-order valence-corrected chi connectivity index (χ1v) is 5.83. The molecule has 15 heavy (non-hydrogen) atoms. The van der Waals surface area contributed by atoms with E-state index < -0.39 is 0 Å². The summed E-state index contributed by atoms with van der Waals surface area (Å²) in [7, 11) is 0. The Hall–Kier alpha value is -1.06. The molecule has 0 heterocycles. The van der Waals surface area contributed by atoms with Crippen LogP contribution >= 0.6 is 0 Å². The van der Waals surface area contributed by atoms with E-state index >= 15 is 0 Å². The van der Waals surface area contributed by atoms with Gasteiger partial charge in [-0.25, -0.2) is 0 Å². The number of amides is 2. The van der Waals surface area contributed by atoms with E-state index in [1.54, 1.807) is 0 Å². The van der Waals surface area contributed by atoms with Gasteiger partial charge in [0.1, 0.15) is 0 Å². The number of rotatable bonds is 5. The Balaban J connectivity index is 1.50. The molecule has 2 aliphatic carbocycles. The van der Waals surface area contributed by atoms with Crippen LogP contribution in [0.2, 0.25) is 0 Å². The summed E-state index contributed by atoms with van der Waals surface area (Å²) in [4.78, 5) is 22.6. The van der Waals surface area contributed by atoms with Gasteiger partial charge in [-0.1, -0.05) is 6.42 Å². The first kappa shape index (κ1) is 10.5. The van der Waals surface area contributed by atoms with Crippen molar-refractivity contribution >= 4 is 11.8 Å². The third-order valence-corrected chi connectivity index (χ3v) is 3.15. The summed E-state index contributed by atoms with van der Waals surface area (Å²) < 4.78 is 0. The van der Waals surface area contributed by atoms with Gasteiger partial charge in [0.2, 0.25) is 11.8 Å². The average molecular weight is 210 g/mol. The maximum Gasteiger partial charge on any atom is 0.223 e. The van der Waals surface area contributed by atoms with Crippen LogP contribution in [-0.2, 0) is 9.59 Å². The predicted octanol–water partition coefficient (Wildman–Crippen LogP) is 0.429. The second-order valence-corrected chi connectivity index (χ2v) is 4.48. The molecule has 0 aromatic carbocycles. The second kappa shape index (κ2) is 4.64. The lowest BCUT2D eigenvalue weighted by atomic mass is 9.85. The molecule has 2 amide bonds. The molecule has 2 rings (SSSR count). The third-order valence-electron chi connectivity index (χ3n) is 3.15. The maximum atomic E-state index is 11.4. The first-order valence-electron chi connectivity index (χ1n) is 5.83. The van der Waals surface area contributed by atoms with Gasteiger partial charge in [0.15, 0.2) is 0 Å². The van der Waals surface area contributed by atoms with Crippen molar-refractivity contribution in [2.24, 2.45) is 11.8 Å². The first-order chi connectivity index (χ1) is 7.27. The summed E-state index contributed by atoms with van der Waals surface area (Å²) in [6.07, 6.45) is 5.29. The quantitative estimate of drug-likeness (QED) is 0.646. The Morgan fingerprint density at radius 2 is 1.33 bits per heavy atom. The van der Waals surface area contributed by atoms with E-state index in [0.717, 1.165) is 25.7 Å². The highest BCUT2D eigenvalue weighted by Crippen LogP contribution is 2.28. The average Bonchev–Trinajstić information content (AvgIpc) is 2.91. The van der Waals surface area contributed by atoms with Crippen LogP contribution < -0.4 is 10.6 Å². The molecule has 2 saturated carbocycles. The van der Waals surface area contributed by atoms with E-state index in [2.05, 4.69) is 10.6 Å². The highest BCUT2D eigenvalue weighted by atomic mass is 16.2. The van der Waals surface area contributed by atoms with E-state index in [4.69, 9.17) is 0 Å². The van der Waals surface area contributed by atoms with E-state index in [9.17, 15) is 9.59 Å². The van der Waals surface area contributed by atoms with Gasteiger partial charge in [-0.2, -0.15) is 0 Å². The molecule has 4 heteroatoms. The topological polar surface area (TPSA) is 58.2 Å². The molecule has 0 aromatic rings. The molecule has 2 fully saturated rings. The number of hydrogen-bond acceptors (Lipinski definition) is 2. The summed E-state index contributed by atoms with van der Waals surface area (Å²) in [5.74, 6) is 0.797. The zero-order chi connectivity index (χ0) is 10.7. The summed E-state index contributed by atoms with van der Waals surface area (Å²) in [5, 5.41) is 5.67. The number of carbonyl (C=O) groups is 2. The summed E-state index contributed by atoms with van der Waals surface area (Å²) in [6, 6.07) is 0. The zero-order valence-corrected chi connectivity index (χ0v) is 8.92. The predicted molar refractivity (Wildman–Crippen MR) is 56.1 cm³/mol. The minimum atomic E-state index is 0.146. The zero-order valence-electron chi connectivity index (χ0n) is 8.92. The highest BCUT2D eigenvalue weighted by Gasteiger charge is 2.29. The van der Waals surface area contributed by atoms with Crippen LogP contribution in [0.5, 0.6) is 0 Å². The van der Waals surface area contributed by atoms with Crippen molar-refractivity contribution in [3.63, 3.8) is 0 Å². The van der Waals surface area contributed by atoms with Crippen LogP contribution in [0.1, 0.15) is 32.1 Å². The minimum absolute atomic E-state index is 0.146. The van der Waals surface area contributed by atoms with Crippen LogP contribution in [-0.4, -0.2) is 24.9 Å². The van der Waals surface area contributed by atoms with Gasteiger partial charge < -0.3 is 10.6 Å². The lowest BCUT2D eigenvalue weighted by Crippen LogP contribution is -2.39. The summed E-state index contributed by atoms with van der Waals surface area (Å²) in [5.41, 5.74) is 0. The molecule has 0 atom stereocenters. The summed E-state index contributed by atoms with van der Waals surface area (Å²) >= 11 is 0. The van der Waals surface area contributed by atoms with Crippen LogP contribution in [0.4, 0.5) is 0 Å². The van der Waals surface area contributed by atoms with Gasteiger partial charge in [0.05, 0.1) is 0 Å². The molecule has 2 N–H and O–H groups in total. The van der Waals surface area contributed by atoms with E-state index in [1.165, 1.54) is 6.42 Å². The molecule has 0 unspecified atom stereocenters. The third kappa shape index (κ3) is 2.94. The van der Waals surface area contributed by atoms with Crippen molar-refractivity contribution < 1.29 is 9.59 Å². The van der Waals surface area contributed by atoms with Crippen LogP contribution in [0.15, 0.2) is 0 Å². The summed E-state index contributed by atoms with van der Waals surface area (Å²) in [6.45, 7) is 1.13. The van der Waals surface area contributed by atoms with Gasteiger partial charge in [0, 0.05) is 24.9 Å². The molecule has 0 radical (unpaired) electrons. The smallest absolute Gasteiger partial charge is 0.223 e. The van der Waals surface area contributed by atoms with Crippen molar-refractivity contribution in [3.8, 4) is 0 Å². The van der Waals surface area contributed by atoms with Crippen molar-refractivity contribution in [2.45, 2.75) is 32.1 Å². The highest BCUT2D eigenvalue weighted by molar-refractivity contribution is 5.81. The van der Waals surface area contributed by atoms with Crippen LogP contribution in [0.3, 0.4) is 0 Å². The standard InChI is InChI=1S/C11H18N2O2/c14-10(8-2-1-3-8)12-6-7-13-11(15)9-4-5-9/h8-9H,1-7H2,(H,12,14)(H,13,15). The molecule has 0 saturated heterocycles. The Bertz CT molecular complexity index is 257. The van der Waals surface area contributed by atoms with Gasteiger partial charge in [-0.15, -0.1) is 0 Å². The molecule has 0 aliphatic heterocycles. The Morgan fingerprint density at radius 3 is 1.67 bits per heavy atom. The molecule has 4 nitrogen and oxygen atoms in total. The normalized spacial score (nSPS) is 20.5. The molecule has 0 bridgehead atoms. The van der Waals surface area contributed by atoms with E-state index in [0.29, 0.717) is 13.1 Å². The second-order valence-electron chi connectivity index (χ2n) is 4.48. The van der Waals surface area contributed by atoms with Crippen molar-refractivity contribution in [1.82, 2.24) is 10.6 Å². The van der Waals surface area contributed by atoms with Crippen LogP contribution in [0.25, 0.3) is 0 Å². The fraction of sp³-hybridized carbons (Fsp3) is 0.818. The Morgan fingerprint density at radius 1 is 0.867 bits per heavy atom. The molecule has 84 valence electrons. The molecule has 2 aliphatic rings. The number of nitrogens with one attached hydrogen (secondary N) is 2. The lowest BCUT2D eigenvalue weighted by Gasteiger charge is -2.24. The van der Waals surface area contributed by atoms with Crippen LogP contribution in [0, 0.1) is 11.8 Å². The van der Waals surface area contributed by atoms with E-state index in [1.807, 2.05) is 0 Å². The maximum absolute atomic E-state index is 11.4. The fourth-order valence-corrected chi connectivity index (χ4v) is 1.68. The van der Waals surface area contributed by atoms with E-state index in [-0.39, 0.29) is 23.7 Å². The fourth-order valence-electron chi connectivity index (χ4n) is 1.68. The van der Waals surface area contributed by atoms with Gasteiger partial charge in [-0.05, 0) is 25.7 Å². The minimum Gasteiger partial charge on any atom is -0.354 e. The monoisotopic (exact) mass is 210 g/mol. The van der Waals surface area contributed by atoms with Gasteiger partial charge in [0.25, 0.3) is 0 Å². The lowest BCUT2D eigenvalue weighted by molar-refractivity contribution is -0.127. The van der Waals surface area contributed by atoms with Gasteiger partial charge >= 0.3 is 0 Å². The Kier molecular flexibility index (Phi) is 3.23. The molecular weight excluding hydrogens is 192 g/mol. The number of hydrogen-bond donors (Lipinski definition) is 2. The SMILES string of the molecule is O=C(NCCNC(=O)C1CC1)C1CCC1. The number of carbonyl (C=O) groups excluding carboxylic acids is 2.